The average molecular weight is 490 g/mol. The number of halogens is 1. The van der Waals surface area contributed by atoms with E-state index in [1.54, 1.807) is 16.6 Å². The molecule has 0 unspecified atom stereocenters. The maximum atomic E-state index is 13.2. The number of aromatic amines is 1. The van der Waals surface area contributed by atoms with Crippen LogP contribution in [-0.4, -0.2) is 64.5 Å². The molecular formula is C23H28FN5O4S. The van der Waals surface area contributed by atoms with Crippen LogP contribution in [0.2, 0.25) is 0 Å². The number of carbonyl (C=O) groups is 1. The Morgan fingerprint density at radius 2 is 1.82 bits per heavy atom. The van der Waals surface area contributed by atoms with Crippen LogP contribution in [0.4, 0.5) is 4.39 Å². The molecule has 0 bridgehead atoms. The van der Waals surface area contributed by atoms with Crippen molar-refractivity contribution in [1.29, 1.82) is 0 Å². The molecule has 182 valence electrons. The third-order valence-corrected chi connectivity index (χ3v) is 8.32. The lowest BCUT2D eigenvalue weighted by molar-refractivity contribution is -0.131. The highest BCUT2D eigenvalue weighted by Crippen LogP contribution is 2.22. The standard InChI is InChI=1S/C23H28FN5O4S/c1-15-19(23(31)25-22-21(15)16(2)26-27(22)3)9-10-20(30)28-11-4-12-29(14-13-28)34(32,33)18-7-5-17(24)6-8-18/h5-8H,4,9-14H2,1-3H3,(H,25,31). The number of rotatable bonds is 5. The van der Waals surface area contributed by atoms with Gasteiger partial charge in [0.05, 0.1) is 10.6 Å². The summed E-state index contributed by atoms with van der Waals surface area (Å²) in [7, 11) is -1.99. The van der Waals surface area contributed by atoms with Crippen molar-refractivity contribution in [2.24, 2.45) is 7.05 Å². The zero-order valence-corrected chi connectivity index (χ0v) is 20.3. The predicted molar refractivity (Wildman–Crippen MR) is 125 cm³/mol. The summed E-state index contributed by atoms with van der Waals surface area (Å²) in [5.41, 5.74) is 2.63. The highest BCUT2D eigenvalue weighted by atomic mass is 32.2. The zero-order valence-electron chi connectivity index (χ0n) is 19.5. The molecule has 1 aromatic carbocycles. The molecule has 11 heteroatoms. The Morgan fingerprint density at radius 3 is 2.53 bits per heavy atom. The van der Waals surface area contributed by atoms with Crippen LogP contribution >= 0.6 is 0 Å². The molecule has 1 aliphatic rings. The van der Waals surface area contributed by atoms with Gasteiger partial charge in [-0.25, -0.2) is 12.8 Å². The van der Waals surface area contributed by atoms with Gasteiger partial charge in [0.1, 0.15) is 11.5 Å². The molecule has 0 atom stereocenters. The lowest BCUT2D eigenvalue weighted by Gasteiger charge is -2.22. The van der Waals surface area contributed by atoms with E-state index in [2.05, 4.69) is 10.1 Å². The minimum Gasteiger partial charge on any atom is -0.341 e. The monoisotopic (exact) mass is 489 g/mol. The maximum Gasteiger partial charge on any atom is 0.253 e. The number of hydrogen-bond acceptors (Lipinski definition) is 5. The summed E-state index contributed by atoms with van der Waals surface area (Å²) in [5.74, 6) is -0.624. The molecule has 0 radical (unpaired) electrons. The number of nitrogens with one attached hydrogen (secondary N) is 1. The van der Waals surface area contributed by atoms with Crippen molar-refractivity contribution in [3.8, 4) is 0 Å². The molecule has 2 aromatic heterocycles. The van der Waals surface area contributed by atoms with E-state index in [1.807, 2.05) is 13.8 Å². The normalized spacial score (nSPS) is 15.6. The van der Waals surface area contributed by atoms with Gasteiger partial charge in [0.2, 0.25) is 15.9 Å². The number of pyridine rings is 1. The summed E-state index contributed by atoms with van der Waals surface area (Å²) in [6.07, 6.45) is 0.935. The van der Waals surface area contributed by atoms with Crippen LogP contribution in [0.1, 0.15) is 29.7 Å². The van der Waals surface area contributed by atoms with E-state index < -0.39 is 15.8 Å². The second-order valence-electron chi connectivity index (χ2n) is 8.58. The topological polar surface area (TPSA) is 108 Å². The Morgan fingerprint density at radius 1 is 1.12 bits per heavy atom. The van der Waals surface area contributed by atoms with Gasteiger partial charge in [0.15, 0.2) is 0 Å². The smallest absolute Gasteiger partial charge is 0.253 e. The minimum atomic E-state index is -3.77. The second kappa shape index (κ2) is 9.30. The number of benzene rings is 1. The predicted octanol–water partition coefficient (Wildman–Crippen LogP) is 1.87. The molecule has 3 heterocycles. The number of fused-ring (bicyclic) bond motifs is 1. The molecule has 0 saturated carbocycles. The Labute approximate surface area is 197 Å². The van der Waals surface area contributed by atoms with Crippen molar-refractivity contribution in [3.63, 3.8) is 0 Å². The Kier molecular flexibility index (Phi) is 6.59. The highest BCUT2D eigenvalue weighted by Gasteiger charge is 2.28. The molecule has 34 heavy (non-hydrogen) atoms. The Balaban J connectivity index is 1.44. The van der Waals surface area contributed by atoms with E-state index in [1.165, 1.54) is 16.4 Å². The van der Waals surface area contributed by atoms with Gasteiger partial charge in [-0.05, 0) is 56.5 Å². The fourth-order valence-corrected chi connectivity index (χ4v) is 6.05. The van der Waals surface area contributed by atoms with Gasteiger partial charge >= 0.3 is 0 Å². The third-order valence-electron chi connectivity index (χ3n) is 6.40. The SMILES string of the molecule is Cc1nn(C)c2[nH]c(=O)c(CCC(=O)N3CCCN(S(=O)(=O)c4ccc(F)cc4)CC3)c(C)c12. The largest absolute Gasteiger partial charge is 0.341 e. The molecule has 3 aromatic rings. The highest BCUT2D eigenvalue weighted by molar-refractivity contribution is 7.89. The van der Waals surface area contributed by atoms with E-state index in [0.717, 1.165) is 28.8 Å². The van der Waals surface area contributed by atoms with Gasteiger partial charge in [-0.2, -0.15) is 9.40 Å². The van der Waals surface area contributed by atoms with Crippen LogP contribution < -0.4 is 5.56 Å². The van der Waals surface area contributed by atoms with E-state index in [0.29, 0.717) is 30.6 Å². The van der Waals surface area contributed by atoms with Gasteiger partial charge in [-0.15, -0.1) is 0 Å². The summed E-state index contributed by atoms with van der Waals surface area (Å²) < 4.78 is 42.0. The number of aryl methyl sites for hydroxylation is 3. The van der Waals surface area contributed by atoms with Crippen molar-refractivity contribution in [2.75, 3.05) is 26.2 Å². The van der Waals surface area contributed by atoms with Crippen LogP contribution in [-0.2, 0) is 28.3 Å². The summed E-state index contributed by atoms with van der Waals surface area (Å²) in [4.78, 5) is 30.1. The molecular weight excluding hydrogens is 461 g/mol. The summed E-state index contributed by atoms with van der Waals surface area (Å²) in [6, 6.07) is 4.74. The van der Waals surface area contributed by atoms with Gasteiger partial charge < -0.3 is 9.88 Å². The molecule has 1 saturated heterocycles. The van der Waals surface area contributed by atoms with E-state index >= 15 is 0 Å². The zero-order chi connectivity index (χ0) is 24.6. The number of hydrogen-bond donors (Lipinski definition) is 1. The molecule has 0 aliphatic carbocycles. The molecule has 1 aliphatic heterocycles. The summed E-state index contributed by atoms with van der Waals surface area (Å²) in [5, 5.41) is 5.25. The van der Waals surface area contributed by atoms with E-state index in [4.69, 9.17) is 0 Å². The minimum absolute atomic E-state index is 0.0319. The molecule has 9 nitrogen and oxygen atoms in total. The number of sulfonamides is 1. The van der Waals surface area contributed by atoms with Crippen LogP contribution in [0, 0.1) is 19.7 Å². The Hall–Kier alpha value is -3.05. The van der Waals surface area contributed by atoms with Crippen molar-refractivity contribution in [2.45, 2.75) is 38.0 Å². The van der Waals surface area contributed by atoms with Crippen molar-refractivity contribution in [3.05, 3.63) is 57.3 Å². The number of amides is 1. The lowest BCUT2D eigenvalue weighted by atomic mass is 10.0. The molecule has 1 amide bonds. The van der Waals surface area contributed by atoms with Gasteiger partial charge in [0.25, 0.3) is 5.56 Å². The van der Waals surface area contributed by atoms with Crippen LogP contribution in [0.5, 0.6) is 0 Å². The van der Waals surface area contributed by atoms with Crippen molar-refractivity contribution < 1.29 is 17.6 Å². The summed E-state index contributed by atoms with van der Waals surface area (Å²) >= 11 is 0. The fourth-order valence-electron chi connectivity index (χ4n) is 4.58. The summed E-state index contributed by atoms with van der Waals surface area (Å²) in [6.45, 7) is 4.88. The van der Waals surface area contributed by atoms with Gasteiger partial charge in [-0.3, -0.25) is 14.3 Å². The molecule has 4 rings (SSSR count). The quantitative estimate of drug-likeness (QED) is 0.589. The average Bonchev–Trinajstić information content (AvgIpc) is 2.95. The van der Waals surface area contributed by atoms with E-state index in [-0.39, 0.29) is 42.4 Å². The number of aromatic nitrogens is 3. The van der Waals surface area contributed by atoms with Gasteiger partial charge in [0, 0.05) is 50.6 Å². The second-order valence-corrected chi connectivity index (χ2v) is 10.5. The first kappa shape index (κ1) is 24.1. The first-order valence-electron chi connectivity index (χ1n) is 11.2. The van der Waals surface area contributed by atoms with E-state index in [9.17, 15) is 22.4 Å². The number of nitrogens with zero attached hydrogens (tertiary/aromatic N) is 4. The van der Waals surface area contributed by atoms with Crippen molar-refractivity contribution in [1.82, 2.24) is 24.0 Å². The third kappa shape index (κ3) is 4.49. The van der Waals surface area contributed by atoms with Crippen LogP contribution in [0.25, 0.3) is 11.0 Å². The Bertz CT molecular complexity index is 1400. The first-order chi connectivity index (χ1) is 16.1. The number of H-pyrrole nitrogens is 1. The maximum absolute atomic E-state index is 13.2. The number of carbonyl (C=O) groups excluding carboxylic acids is 1. The fraction of sp³-hybridized carbons (Fsp3) is 0.435. The first-order valence-corrected chi connectivity index (χ1v) is 12.6. The van der Waals surface area contributed by atoms with Gasteiger partial charge in [-0.1, -0.05) is 0 Å². The lowest BCUT2D eigenvalue weighted by Crippen LogP contribution is -2.37. The molecule has 0 spiro atoms. The van der Waals surface area contributed by atoms with Crippen molar-refractivity contribution >= 4 is 27.0 Å². The molecule has 1 fully saturated rings. The van der Waals surface area contributed by atoms with Crippen LogP contribution in [0.3, 0.4) is 0 Å². The van der Waals surface area contributed by atoms with Crippen LogP contribution in [0.15, 0.2) is 34.0 Å². The molecule has 1 N–H and O–H groups in total.